The van der Waals surface area contributed by atoms with E-state index in [-0.39, 0.29) is 25.1 Å². The van der Waals surface area contributed by atoms with Crippen molar-refractivity contribution in [3.8, 4) is 0 Å². The number of aliphatic hydroxyl groups is 2. The van der Waals surface area contributed by atoms with Gasteiger partial charge in [-0.1, -0.05) is 30.3 Å². The van der Waals surface area contributed by atoms with Gasteiger partial charge in [0.2, 0.25) is 0 Å². The summed E-state index contributed by atoms with van der Waals surface area (Å²) in [5.41, 5.74) is 0.430. The molecule has 3 rings (SSSR count). The highest BCUT2D eigenvalue weighted by atomic mass is 16.7. The van der Waals surface area contributed by atoms with Crippen molar-refractivity contribution in [2.75, 3.05) is 13.2 Å². The Balaban J connectivity index is 1.71. The van der Waals surface area contributed by atoms with E-state index in [9.17, 15) is 5.11 Å². The van der Waals surface area contributed by atoms with Crippen LogP contribution in [0.3, 0.4) is 0 Å². The average Bonchev–Trinajstić information content (AvgIpc) is 2.70. The molecule has 1 aromatic carbocycles. The lowest BCUT2D eigenvalue weighted by Gasteiger charge is -2.44. The van der Waals surface area contributed by atoms with Crippen LogP contribution < -0.4 is 0 Å². The largest absolute Gasteiger partial charge is 0.396 e. The fraction of sp³-hybridized carbons (Fsp3) is 0.667. The first-order valence-corrected chi connectivity index (χ1v) is 8.41. The molecule has 5 heteroatoms. The summed E-state index contributed by atoms with van der Waals surface area (Å²) in [7, 11) is 0. The molecule has 0 saturated carbocycles. The molecule has 2 aliphatic heterocycles. The molecule has 0 amide bonds. The molecule has 2 unspecified atom stereocenters. The van der Waals surface area contributed by atoms with Gasteiger partial charge in [-0.25, -0.2) is 0 Å². The van der Waals surface area contributed by atoms with E-state index in [1.165, 1.54) is 0 Å². The smallest absolute Gasteiger partial charge is 0.184 e. The lowest BCUT2D eigenvalue weighted by Crippen LogP contribution is -2.53. The topological polar surface area (TPSA) is 68.2 Å². The van der Waals surface area contributed by atoms with E-state index in [1.54, 1.807) is 0 Å². The van der Waals surface area contributed by atoms with Gasteiger partial charge in [-0.15, -0.1) is 0 Å². The van der Waals surface area contributed by atoms with Crippen LogP contribution in [-0.2, 0) is 14.2 Å². The van der Waals surface area contributed by atoms with Gasteiger partial charge in [-0.05, 0) is 32.6 Å². The summed E-state index contributed by atoms with van der Waals surface area (Å²) in [4.78, 5) is 0. The molecule has 128 valence electrons. The maximum absolute atomic E-state index is 10.3. The molecule has 0 aliphatic carbocycles. The van der Waals surface area contributed by atoms with Crippen LogP contribution in [0.25, 0.3) is 0 Å². The minimum Gasteiger partial charge on any atom is -0.396 e. The fourth-order valence-electron chi connectivity index (χ4n) is 3.41. The quantitative estimate of drug-likeness (QED) is 0.889. The maximum atomic E-state index is 10.3. The summed E-state index contributed by atoms with van der Waals surface area (Å²) in [6, 6.07) is 9.88. The first-order valence-electron chi connectivity index (χ1n) is 8.41. The van der Waals surface area contributed by atoms with Crippen LogP contribution in [0.5, 0.6) is 0 Å². The van der Waals surface area contributed by atoms with Crippen LogP contribution in [0, 0.1) is 0 Å². The van der Waals surface area contributed by atoms with Crippen molar-refractivity contribution in [1.82, 2.24) is 0 Å². The second-order valence-electron chi connectivity index (χ2n) is 6.66. The summed E-state index contributed by atoms with van der Waals surface area (Å²) in [6.45, 7) is 2.53. The van der Waals surface area contributed by atoms with Crippen LogP contribution in [-0.4, -0.2) is 47.3 Å². The minimum absolute atomic E-state index is 0.107. The minimum atomic E-state index is -0.567. The van der Waals surface area contributed by atoms with Gasteiger partial charge in [-0.3, -0.25) is 0 Å². The summed E-state index contributed by atoms with van der Waals surface area (Å²) >= 11 is 0. The zero-order valence-corrected chi connectivity index (χ0v) is 13.6. The molecule has 1 aromatic rings. The van der Waals surface area contributed by atoms with E-state index in [4.69, 9.17) is 19.3 Å². The van der Waals surface area contributed by atoms with Crippen LogP contribution >= 0.6 is 0 Å². The number of hydrogen-bond acceptors (Lipinski definition) is 5. The van der Waals surface area contributed by atoms with Crippen molar-refractivity contribution in [3.63, 3.8) is 0 Å². The molecular formula is C18H26O5. The molecule has 23 heavy (non-hydrogen) atoms. The lowest BCUT2D eigenvalue weighted by molar-refractivity contribution is -0.306. The maximum Gasteiger partial charge on any atom is 0.184 e. The van der Waals surface area contributed by atoms with Gasteiger partial charge in [0.05, 0.1) is 24.9 Å². The Labute approximate surface area is 137 Å². The van der Waals surface area contributed by atoms with E-state index >= 15 is 0 Å². The zero-order valence-electron chi connectivity index (χ0n) is 13.6. The molecular weight excluding hydrogens is 296 g/mol. The molecule has 2 fully saturated rings. The number of rotatable bonds is 4. The van der Waals surface area contributed by atoms with Crippen LogP contribution in [0.15, 0.2) is 30.3 Å². The van der Waals surface area contributed by atoms with E-state index in [0.29, 0.717) is 25.9 Å². The number of hydrogen-bond donors (Lipinski definition) is 2. The number of fused-ring (bicyclic) bond motifs is 1. The zero-order chi connectivity index (χ0) is 16.3. The Bertz CT molecular complexity index is 493. The molecule has 0 radical (unpaired) electrons. The Morgan fingerprint density at radius 2 is 2.00 bits per heavy atom. The van der Waals surface area contributed by atoms with E-state index in [1.807, 2.05) is 37.3 Å². The van der Waals surface area contributed by atoms with Gasteiger partial charge in [0, 0.05) is 12.2 Å². The summed E-state index contributed by atoms with van der Waals surface area (Å²) < 4.78 is 18.2. The number of aliphatic hydroxyl groups excluding tert-OH is 2. The first-order chi connectivity index (χ1) is 11.1. The molecule has 5 atom stereocenters. The van der Waals surface area contributed by atoms with Gasteiger partial charge in [0.1, 0.15) is 5.60 Å². The Hall–Kier alpha value is -0.980. The van der Waals surface area contributed by atoms with E-state index in [2.05, 4.69) is 0 Å². The molecule has 2 N–H and O–H groups in total. The second kappa shape index (κ2) is 7.28. The molecule has 2 aliphatic rings. The second-order valence-corrected chi connectivity index (χ2v) is 6.66. The number of benzene rings is 1. The molecule has 0 aromatic heterocycles. The van der Waals surface area contributed by atoms with Gasteiger partial charge in [-0.2, -0.15) is 0 Å². The highest BCUT2D eigenvalue weighted by molar-refractivity contribution is 5.16. The van der Waals surface area contributed by atoms with Gasteiger partial charge < -0.3 is 24.4 Å². The van der Waals surface area contributed by atoms with Crippen molar-refractivity contribution in [2.24, 2.45) is 0 Å². The van der Waals surface area contributed by atoms with Gasteiger partial charge in [0.15, 0.2) is 6.29 Å². The standard InChI is InChI=1S/C18H26O5/c1-18-12-21-17(13-6-3-2-4-7-13)22-16(18)10-9-14(20)15(23-18)8-5-11-19/h2-4,6-7,14-17,19-20H,5,8-12H2,1H3/t14?,15?,16-,17+,18+/m0/s1. The Kier molecular flexibility index (Phi) is 5.34. The number of ether oxygens (including phenoxy) is 3. The Morgan fingerprint density at radius 1 is 1.22 bits per heavy atom. The third kappa shape index (κ3) is 3.75. The molecule has 0 spiro atoms. The van der Waals surface area contributed by atoms with E-state index < -0.39 is 11.7 Å². The monoisotopic (exact) mass is 322 g/mol. The normalized spacial score (nSPS) is 37.9. The first kappa shape index (κ1) is 16.9. The third-order valence-electron chi connectivity index (χ3n) is 4.78. The molecule has 0 bridgehead atoms. The predicted octanol–water partition coefficient (Wildman–Crippen LogP) is 2.17. The van der Waals surface area contributed by atoms with Crippen molar-refractivity contribution < 1.29 is 24.4 Å². The summed E-state index contributed by atoms with van der Waals surface area (Å²) in [6.07, 6.45) is 1.33. The highest BCUT2D eigenvalue weighted by Gasteiger charge is 2.47. The highest BCUT2D eigenvalue weighted by Crippen LogP contribution is 2.39. The molecule has 2 saturated heterocycles. The van der Waals surface area contributed by atoms with E-state index in [0.717, 1.165) is 12.0 Å². The summed E-state index contributed by atoms with van der Waals surface area (Å²) in [5.74, 6) is 0. The van der Waals surface area contributed by atoms with Gasteiger partial charge in [0.25, 0.3) is 0 Å². The third-order valence-corrected chi connectivity index (χ3v) is 4.78. The SMILES string of the molecule is C[C@@]12CO[C@@H](c3ccccc3)O[C@H]1CCC(O)C(CCCO)O2. The van der Waals surface area contributed by atoms with Crippen LogP contribution in [0.1, 0.15) is 44.5 Å². The van der Waals surface area contributed by atoms with Crippen LogP contribution in [0.4, 0.5) is 0 Å². The lowest BCUT2D eigenvalue weighted by atomic mass is 9.94. The molecule has 5 nitrogen and oxygen atoms in total. The van der Waals surface area contributed by atoms with Crippen LogP contribution in [0.2, 0.25) is 0 Å². The Morgan fingerprint density at radius 3 is 2.74 bits per heavy atom. The van der Waals surface area contributed by atoms with Crippen molar-refractivity contribution in [1.29, 1.82) is 0 Å². The fourth-order valence-corrected chi connectivity index (χ4v) is 3.41. The predicted molar refractivity (Wildman–Crippen MR) is 84.8 cm³/mol. The summed E-state index contributed by atoms with van der Waals surface area (Å²) in [5, 5.41) is 19.3. The van der Waals surface area contributed by atoms with Crippen molar-refractivity contribution in [2.45, 2.75) is 62.8 Å². The van der Waals surface area contributed by atoms with Gasteiger partial charge >= 0.3 is 0 Å². The van der Waals surface area contributed by atoms with Crippen molar-refractivity contribution in [3.05, 3.63) is 35.9 Å². The average molecular weight is 322 g/mol. The van der Waals surface area contributed by atoms with Crippen molar-refractivity contribution >= 4 is 0 Å². The molecule has 2 heterocycles.